The molecule has 104 valence electrons. The summed E-state index contributed by atoms with van der Waals surface area (Å²) in [4.78, 5) is 24.8. The third kappa shape index (κ3) is 2.04. The van der Waals surface area contributed by atoms with Gasteiger partial charge in [0.1, 0.15) is 5.41 Å². The molecule has 19 heavy (non-hydrogen) atoms. The third-order valence-corrected chi connectivity index (χ3v) is 4.80. The van der Waals surface area contributed by atoms with Crippen molar-refractivity contribution < 1.29 is 14.3 Å². The van der Waals surface area contributed by atoms with Gasteiger partial charge in [0.2, 0.25) is 0 Å². The summed E-state index contributed by atoms with van der Waals surface area (Å²) in [5.74, 6) is -0.758. The smallest absolute Gasteiger partial charge is 0.319 e. The molecule has 3 atom stereocenters. The molecule has 2 bridgehead atoms. The van der Waals surface area contributed by atoms with Gasteiger partial charge in [-0.2, -0.15) is 0 Å². The number of ketones is 1. The van der Waals surface area contributed by atoms with E-state index in [4.69, 9.17) is 16.3 Å². The van der Waals surface area contributed by atoms with Gasteiger partial charge in [-0.25, -0.2) is 0 Å². The summed E-state index contributed by atoms with van der Waals surface area (Å²) in [5, 5.41) is 0.453. The van der Waals surface area contributed by atoms with Gasteiger partial charge in [-0.15, -0.1) is 0 Å². The number of hydrogen-bond donors (Lipinski definition) is 0. The van der Waals surface area contributed by atoms with Gasteiger partial charge >= 0.3 is 5.97 Å². The fourth-order valence-corrected chi connectivity index (χ4v) is 3.91. The van der Waals surface area contributed by atoms with Crippen LogP contribution in [0.3, 0.4) is 0 Å². The first-order chi connectivity index (χ1) is 8.75. The summed E-state index contributed by atoms with van der Waals surface area (Å²) < 4.78 is 4.87. The van der Waals surface area contributed by atoms with Crippen molar-refractivity contribution in [2.45, 2.75) is 32.6 Å². The van der Waals surface area contributed by atoms with E-state index in [0.717, 1.165) is 5.57 Å². The van der Waals surface area contributed by atoms with E-state index < -0.39 is 11.4 Å². The Morgan fingerprint density at radius 3 is 2.74 bits per heavy atom. The summed E-state index contributed by atoms with van der Waals surface area (Å²) >= 11 is 5.85. The van der Waals surface area contributed by atoms with Crippen molar-refractivity contribution in [1.29, 1.82) is 0 Å². The molecule has 0 N–H and O–H groups in total. The van der Waals surface area contributed by atoms with Gasteiger partial charge in [-0.05, 0) is 31.1 Å². The third-order valence-electron chi connectivity index (χ3n) is 4.64. The predicted molar refractivity (Wildman–Crippen MR) is 73.7 cm³/mol. The first kappa shape index (κ1) is 14.3. The monoisotopic (exact) mass is 282 g/mol. The number of rotatable bonds is 3. The molecule has 0 heterocycles. The minimum absolute atomic E-state index is 0.0581. The number of allylic oxidation sites excluding steroid dienone is 2. The Morgan fingerprint density at radius 2 is 2.21 bits per heavy atom. The van der Waals surface area contributed by atoms with Crippen molar-refractivity contribution in [3.05, 3.63) is 23.8 Å². The van der Waals surface area contributed by atoms with Crippen LogP contribution in [0.4, 0.5) is 0 Å². The van der Waals surface area contributed by atoms with E-state index >= 15 is 0 Å². The molecule has 0 amide bonds. The van der Waals surface area contributed by atoms with Crippen molar-refractivity contribution in [2.75, 3.05) is 7.11 Å². The van der Waals surface area contributed by atoms with Gasteiger partial charge in [0, 0.05) is 11.0 Å². The fourth-order valence-electron chi connectivity index (χ4n) is 3.72. The lowest BCUT2D eigenvalue weighted by atomic mass is 9.63. The first-order valence-electron chi connectivity index (χ1n) is 6.39. The van der Waals surface area contributed by atoms with Crippen LogP contribution in [0.5, 0.6) is 0 Å². The molecule has 0 aromatic carbocycles. The molecule has 2 aliphatic rings. The second-order valence-electron chi connectivity index (χ2n) is 6.08. The average molecular weight is 283 g/mol. The van der Waals surface area contributed by atoms with Crippen LogP contribution in [-0.4, -0.2) is 18.9 Å². The molecule has 0 aromatic heterocycles. The number of ether oxygens (including phenoxy) is 1. The van der Waals surface area contributed by atoms with E-state index in [2.05, 4.69) is 20.1 Å². The maximum absolute atomic E-state index is 12.7. The van der Waals surface area contributed by atoms with Crippen LogP contribution in [0.15, 0.2) is 23.8 Å². The van der Waals surface area contributed by atoms with Gasteiger partial charge in [0.15, 0.2) is 5.78 Å². The summed E-state index contributed by atoms with van der Waals surface area (Å²) in [5.41, 5.74) is -0.261. The predicted octanol–water partition coefficient (Wildman–Crippen LogP) is 3.23. The Balaban J connectivity index is 2.43. The number of carbonyl (C=O) groups is 2. The number of Topliss-reactive ketones (excluding diaryl/α,β-unsaturated/α-hetero) is 1. The summed E-state index contributed by atoms with van der Waals surface area (Å²) in [6, 6.07) is 0. The Hall–Kier alpha value is -1.09. The Labute approximate surface area is 118 Å². The largest absolute Gasteiger partial charge is 0.468 e. The topological polar surface area (TPSA) is 43.4 Å². The quantitative estimate of drug-likeness (QED) is 0.453. The highest BCUT2D eigenvalue weighted by Gasteiger charge is 2.63. The number of halogens is 1. The van der Waals surface area contributed by atoms with Crippen LogP contribution in [0.25, 0.3) is 0 Å². The van der Waals surface area contributed by atoms with Gasteiger partial charge in [-0.1, -0.05) is 37.3 Å². The fraction of sp³-hybridized carbons (Fsp3) is 0.600. The second-order valence-corrected chi connectivity index (χ2v) is 6.61. The maximum Gasteiger partial charge on any atom is 0.319 e. The molecule has 0 aromatic rings. The van der Waals surface area contributed by atoms with Crippen LogP contribution in [0.2, 0.25) is 0 Å². The number of esters is 1. The zero-order chi connectivity index (χ0) is 14.4. The summed E-state index contributed by atoms with van der Waals surface area (Å²) in [6.07, 6.45) is 2.02. The molecule has 0 saturated heterocycles. The average Bonchev–Trinajstić information content (AvgIpc) is 2.55. The van der Waals surface area contributed by atoms with Crippen LogP contribution >= 0.6 is 11.6 Å². The van der Waals surface area contributed by atoms with Crippen LogP contribution in [0, 0.1) is 16.7 Å². The summed E-state index contributed by atoms with van der Waals surface area (Å²) in [7, 11) is 1.33. The molecule has 3 nitrogen and oxygen atoms in total. The normalized spacial score (nSPS) is 37.3. The molecule has 0 aliphatic heterocycles. The highest BCUT2D eigenvalue weighted by Crippen LogP contribution is 2.61. The molecular weight excluding hydrogens is 264 g/mol. The van der Waals surface area contributed by atoms with Gasteiger partial charge in [0.05, 0.1) is 7.11 Å². The Bertz CT molecular complexity index is 482. The lowest BCUT2D eigenvalue weighted by Gasteiger charge is -2.39. The Kier molecular flexibility index (Phi) is 3.38. The lowest BCUT2D eigenvalue weighted by molar-refractivity contribution is -0.162. The number of fused-ring (bicyclic) bond motifs is 2. The highest BCUT2D eigenvalue weighted by atomic mass is 35.5. The number of hydrogen-bond acceptors (Lipinski definition) is 3. The minimum Gasteiger partial charge on any atom is -0.468 e. The van der Waals surface area contributed by atoms with Crippen molar-refractivity contribution >= 4 is 23.4 Å². The SMILES string of the molecule is C=C(Cl)C[C@H]1C[C@]2(C)C[C@@](C(=O)OC)(CC2=C)C1=O. The van der Waals surface area contributed by atoms with Crippen molar-refractivity contribution in [1.82, 2.24) is 0 Å². The first-order valence-corrected chi connectivity index (χ1v) is 6.77. The van der Waals surface area contributed by atoms with Gasteiger partial charge < -0.3 is 4.74 Å². The zero-order valence-corrected chi connectivity index (χ0v) is 12.2. The number of methoxy groups -OCH3 is 1. The van der Waals surface area contributed by atoms with Crippen LogP contribution in [-0.2, 0) is 14.3 Å². The highest BCUT2D eigenvalue weighted by molar-refractivity contribution is 6.29. The molecular formula is C15H19ClO3. The van der Waals surface area contributed by atoms with E-state index in [0.29, 0.717) is 30.7 Å². The van der Waals surface area contributed by atoms with E-state index in [9.17, 15) is 9.59 Å². The van der Waals surface area contributed by atoms with Crippen LogP contribution < -0.4 is 0 Å². The standard InChI is InChI=1S/C15H19ClO3/c1-9-6-15(13(18)19-4)8-14(9,3)7-11(12(15)17)5-10(2)16/h11H,1-2,5-8H2,3-4H3/t11-,14+,15-/m0/s1. The molecule has 0 radical (unpaired) electrons. The molecule has 2 fully saturated rings. The van der Waals surface area contributed by atoms with Crippen molar-refractivity contribution in [3.8, 4) is 0 Å². The van der Waals surface area contributed by atoms with E-state index in [1.54, 1.807) is 0 Å². The van der Waals surface area contributed by atoms with Crippen molar-refractivity contribution in [2.24, 2.45) is 16.7 Å². The van der Waals surface area contributed by atoms with E-state index in [-0.39, 0.29) is 17.1 Å². The summed E-state index contributed by atoms with van der Waals surface area (Å²) in [6.45, 7) is 9.79. The second kappa shape index (κ2) is 4.48. The molecule has 4 heteroatoms. The maximum atomic E-state index is 12.7. The van der Waals surface area contributed by atoms with Crippen LogP contribution in [0.1, 0.15) is 32.6 Å². The zero-order valence-electron chi connectivity index (χ0n) is 11.4. The van der Waals surface area contributed by atoms with Crippen molar-refractivity contribution in [3.63, 3.8) is 0 Å². The van der Waals surface area contributed by atoms with E-state index in [1.807, 2.05) is 0 Å². The molecule has 2 aliphatic carbocycles. The minimum atomic E-state index is -1.05. The Morgan fingerprint density at radius 1 is 1.58 bits per heavy atom. The number of carbonyl (C=O) groups excluding carboxylic acids is 2. The van der Waals surface area contributed by atoms with E-state index in [1.165, 1.54) is 7.11 Å². The lowest BCUT2D eigenvalue weighted by Crippen LogP contribution is -2.46. The molecule has 0 spiro atoms. The van der Waals surface area contributed by atoms with Gasteiger partial charge in [0.25, 0.3) is 0 Å². The molecule has 2 rings (SSSR count). The molecule has 0 unspecified atom stereocenters. The molecule has 2 saturated carbocycles. The van der Waals surface area contributed by atoms with Gasteiger partial charge in [-0.3, -0.25) is 9.59 Å².